The minimum Gasteiger partial charge on any atom is -0.490 e. The summed E-state index contributed by atoms with van der Waals surface area (Å²) >= 11 is 0. The fourth-order valence-corrected chi connectivity index (χ4v) is 1.95. The topological polar surface area (TPSA) is 79.8 Å². The van der Waals surface area contributed by atoms with E-state index in [1.165, 1.54) is 0 Å². The van der Waals surface area contributed by atoms with Gasteiger partial charge in [0.1, 0.15) is 0 Å². The Labute approximate surface area is 118 Å². The number of nitrogens with one attached hydrogen (secondary N) is 2. The van der Waals surface area contributed by atoms with Crippen molar-refractivity contribution in [3.63, 3.8) is 0 Å². The first kappa shape index (κ1) is 14.5. The number of benzene rings is 1. The third-order valence-corrected chi connectivity index (χ3v) is 3.02. The zero-order chi connectivity index (χ0) is 14.4. The summed E-state index contributed by atoms with van der Waals surface area (Å²) in [4.78, 5) is 11.5. The van der Waals surface area contributed by atoms with Crippen molar-refractivity contribution in [3.05, 3.63) is 23.8 Å². The first-order valence-corrected chi connectivity index (χ1v) is 6.75. The van der Waals surface area contributed by atoms with Crippen molar-refractivity contribution < 1.29 is 19.4 Å². The van der Waals surface area contributed by atoms with Gasteiger partial charge in [-0.3, -0.25) is 0 Å². The molecule has 110 valence electrons. The number of rotatable bonds is 4. The molecule has 6 nitrogen and oxygen atoms in total. The molecule has 1 aromatic carbocycles. The van der Waals surface area contributed by atoms with Gasteiger partial charge in [0.25, 0.3) is 0 Å². The molecule has 2 amide bonds. The van der Waals surface area contributed by atoms with Crippen LogP contribution in [0.25, 0.3) is 0 Å². The molecule has 1 aliphatic heterocycles. The van der Waals surface area contributed by atoms with Crippen molar-refractivity contribution >= 4 is 6.03 Å². The van der Waals surface area contributed by atoms with Crippen molar-refractivity contribution in [3.8, 4) is 11.5 Å². The number of hydrogen-bond donors (Lipinski definition) is 3. The lowest BCUT2D eigenvalue weighted by atomic mass is 10.1. The smallest absolute Gasteiger partial charge is 0.315 e. The average Bonchev–Trinajstić information content (AvgIpc) is 2.69. The molecule has 0 saturated carbocycles. The molecule has 20 heavy (non-hydrogen) atoms. The molecule has 0 saturated heterocycles. The van der Waals surface area contributed by atoms with Gasteiger partial charge in [-0.05, 0) is 24.6 Å². The number of aliphatic hydroxyl groups excluding tert-OH is 1. The van der Waals surface area contributed by atoms with Crippen molar-refractivity contribution in [2.45, 2.75) is 19.4 Å². The highest BCUT2D eigenvalue weighted by Gasteiger charge is 2.14. The van der Waals surface area contributed by atoms with E-state index in [1.807, 2.05) is 25.1 Å². The summed E-state index contributed by atoms with van der Waals surface area (Å²) in [6.07, 6.45) is 0.862. The maximum absolute atomic E-state index is 11.5. The molecule has 0 aromatic heterocycles. The van der Waals surface area contributed by atoms with Gasteiger partial charge < -0.3 is 25.2 Å². The molecule has 2 rings (SSSR count). The predicted octanol–water partition coefficient (Wildman–Crippen LogP) is 1.20. The van der Waals surface area contributed by atoms with Crippen LogP contribution in [0, 0.1) is 0 Å². The Bertz CT molecular complexity index is 464. The number of hydrogen-bond acceptors (Lipinski definition) is 4. The molecule has 0 fully saturated rings. The third kappa shape index (κ3) is 3.77. The number of carbonyl (C=O) groups excluding carboxylic acids is 1. The van der Waals surface area contributed by atoms with E-state index in [-0.39, 0.29) is 25.2 Å². The highest BCUT2D eigenvalue weighted by molar-refractivity contribution is 5.74. The van der Waals surface area contributed by atoms with Crippen LogP contribution in [-0.2, 0) is 0 Å². The lowest BCUT2D eigenvalue weighted by Crippen LogP contribution is -2.38. The van der Waals surface area contributed by atoms with Crippen LogP contribution in [0.1, 0.15) is 24.9 Å². The van der Waals surface area contributed by atoms with Crippen LogP contribution < -0.4 is 20.1 Å². The minimum absolute atomic E-state index is 0.0776. The number of urea groups is 1. The summed E-state index contributed by atoms with van der Waals surface area (Å²) < 4.78 is 11.2. The zero-order valence-corrected chi connectivity index (χ0v) is 11.5. The number of carbonyl (C=O) groups is 1. The van der Waals surface area contributed by atoms with E-state index in [0.717, 1.165) is 17.7 Å². The summed E-state index contributed by atoms with van der Waals surface area (Å²) in [5, 5.41) is 14.0. The van der Waals surface area contributed by atoms with Gasteiger partial charge in [0.05, 0.1) is 25.9 Å². The van der Waals surface area contributed by atoms with E-state index in [2.05, 4.69) is 10.6 Å². The molecule has 0 bridgehead atoms. The maximum Gasteiger partial charge on any atom is 0.315 e. The van der Waals surface area contributed by atoms with Gasteiger partial charge in [0, 0.05) is 13.0 Å². The SMILES string of the molecule is C[C@H](NC(=O)NCCO)c1ccc2c(c1)OCCCO2. The van der Waals surface area contributed by atoms with Crippen LogP contribution in [0.3, 0.4) is 0 Å². The van der Waals surface area contributed by atoms with E-state index in [0.29, 0.717) is 19.0 Å². The van der Waals surface area contributed by atoms with Crippen molar-refractivity contribution in [1.29, 1.82) is 0 Å². The van der Waals surface area contributed by atoms with Crippen molar-refractivity contribution in [1.82, 2.24) is 10.6 Å². The summed E-state index contributed by atoms with van der Waals surface area (Å²) in [7, 11) is 0. The third-order valence-electron chi connectivity index (χ3n) is 3.02. The van der Waals surface area contributed by atoms with Crippen LogP contribution in [0.5, 0.6) is 11.5 Å². The predicted molar refractivity (Wildman–Crippen MR) is 74.1 cm³/mol. The van der Waals surface area contributed by atoms with E-state index in [4.69, 9.17) is 14.6 Å². The van der Waals surface area contributed by atoms with E-state index >= 15 is 0 Å². The maximum atomic E-state index is 11.5. The standard InChI is InChI=1S/C14H20N2O4/c1-10(16-14(18)15-5-6-17)11-3-4-12-13(9-11)20-8-2-7-19-12/h3-4,9-10,17H,2,5-8H2,1H3,(H2,15,16,18)/t10-/m0/s1. The molecule has 1 heterocycles. The van der Waals surface area contributed by atoms with E-state index in [9.17, 15) is 4.79 Å². The fraction of sp³-hybridized carbons (Fsp3) is 0.500. The monoisotopic (exact) mass is 280 g/mol. The second kappa shape index (κ2) is 7.00. The lowest BCUT2D eigenvalue weighted by Gasteiger charge is -2.16. The summed E-state index contributed by atoms with van der Waals surface area (Å²) in [6.45, 7) is 3.34. The van der Waals surface area contributed by atoms with Gasteiger partial charge in [-0.1, -0.05) is 6.07 Å². The Morgan fingerprint density at radius 3 is 2.85 bits per heavy atom. The van der Waals surface area contributed by atoms with Crippen LogP contribution in [0.4, 0.5) is 4.79 Å². The van der Waals surface area contributed by atoms with Gasteiger partial charge in [-0.2, -0.15) is 0 Å². The fourth-order valence-electron chi connectivity index (χ4n) is 1.95. The minimum atomic E-state index is -0.307. The van der Waals surface area contributed by atoms with Crippen LogP contribution in [0.15, 0.2) is 18.2 Å². The highest BCUT2D eigenvalue weighted by atomic mass is 16.5. The molecule has 0 spiro atoms. The van der Waals surface area contributed by atoms with Gasteiger partial charge in [-0.15, -0.1) is 0 Å². The van der Waals surface area contributed by atoms with Crippen LogP contribution >= 0.6 is 0 Å². The van der Waals surface area contributed by atoms with Crippen molar-refractivity contribution in [2.75, 3.05) is 26.4 Å². The number of ether oxygens (including phenoxy) is 2. The van der Waals surface area contributed by atoms with Gasteiger partial charge in [0.15, 0.2) is 11.5 Å². The quantitative estimate of drug-likeness (QED) is 0.774. The Morgan fingerprint density at radius 2 is 2.10 bits per heavy atom. The normalized spacial score (nSPS) is 15.1. The molecular weight excluding hydrogens is 260 g/mol. The zero-order valence-electron chi connectivity index (χ0n) is 11.5. The molecular formula is C14H20N2O4. The van der Waals surface area contributed by atoms with E-state index < -0.39 is 0 Å². The number of aliphatic hydroxyl groups is 1. The second-order valence-electron chi connectivity index (χ2n) is 4.60. The van der Waals surface area contributed by atoms with Crippen molar-refractivity contribution in [2.24, 2.45) is 0 Å². The van der Waals surface area contributed by atoms with Gasteiger partial charge >= 0.3 is 6.03 Å². The molecule has 0 radical (unpaired) electrons. The molecule has 1 atom stereocenters. The Morgan fingerprint density at radius 1 is 1.35 bits per heavy atom. The second-order valence-corrected chi connectivity index (χ2v) is 4.60. The number of fused-ring (bicyclic) bond motifs is 1. The molecule has 0 unspecified atom stereocenters. The molecule has 1 aromatic rings. The number of amides is 2. The average molecular weight is 280 g/mol. The largest absolute Gasteiger partial charge is 0.490 e. The molecule has 3 N–H and O–H groups in total. The highest BCUT2D eigenvalue weighted by Crippen LogP contribution is 2.32. The Balaban J connectivity index is 2.01. The van der Waals surface area contributed by atoms with E-state index in [1.54, 1.807) is 0 Å². The Hall–Kier alpha value is -1.95. The molecule has 0 aliphatic carbocycles. The summed E-state index contributed by atoms with van der Waals surface area (Å²) in [5.74, 6) is 1.45. The first-order chi connectivity index (χ1) is 9.70. The summed E-state index contributed by atoms with van der Waals surface area (Å²) in [6, 6.07) is 5.19. The van der Waals surface area contributed by atoms with Crippen LogP contribution in [-0.4, -0.2) is 37.5 Å². The van der Waals surface area contributed by atoms with Gasteiger partial charge in [0.2, 0.25) is 0 Å². The Kier molecular flexibility index (Phi) is 5.06. The first-order valence-electron chi connectivity index (χ1n) is 6.75. The molecule has 6 heteroatoms. The van der Waals surface area contributed by atoms with Crippen LogP contribution in [0.2, 0.25) is 0 Å². The molecule has 1 aliphatic rings. The van der Waals surface area contributed by atoms with Gasteiger partial charge in [-0.25, -0.2) is 4.79 Å². The summed E-state index contributed by atoms with van der Waals surface area (Å²) in [5.41, 5.74) is 0.938. The lowest BCUT2D eigenvalue weighted by molar-refractivity contribution is 0.231.